The molecule has 3 heterocycles. The van der Waals surface area contributed by atoms with Crippen molar-refractivity contribution in [3.63, 3.8) is 0 Å². The van der Waals surface area contributed by atoms with Crippen molar-refractivity contribution in [1.82, 2.24) is 20.0 Å². The van der Waals surface area contributed by atoms with Crippen LogP contribution in [0.3, 0.4) is 0 Å². The van der Waals surface area contributed by atoms with E-state index in [-0.39, 0.29) is 18.0 Å². The molecule has 1 atom stereocenters. The predicted molar refractivity (Wildman–Crippen MR) is 112 cm³/mol. The van der Waals surface area contributed by atoms with Gasteiger partial charge in [0.05, 0.1) is 25.0 Å². The first-order valence-corrected chi connectivity index (χ1v) is 9.98. The quantitative estimate of drug-likeness (QED) is 0.754. The summed E-state index contributed by atoms with van der Waals surface area (Å²) in [5, 5.41) is 15.2. The van der Waals surface area contributed by atoms with E-state index < -0.39 is 0 Å². The molecule has 8 nitrogen and oxygen atoms in total. The molecule has 1 aromatic carbocycles. The largest absolute Gasteiger partial charge is 0.483 e. The van der Waals surface area contributed by atoms with Crippen LogP contribution in [0.1, 0.15) is 27.9 Å². The number of hydrogen-bond donors (Lipinski definition) is 1. The number of rotatable bonds is 2. The minimum Gasteiger partial charge on any atom is -0.483 e. The zero-order valence-electron chi connectivity index (χ0n) is 17.7. The molecular weight excluding hydrogens is 384 g/mol. The van der Waals surface area contributed by atoms with Crippen LogP contribution in [0.4, 0.5) is 0 Å². The SMILES string of the molecule is Cc1cnnc(-c2ccc(C(=O)N3CCC4(CN(C)CCO4)C3)cc2)c1C.O=CO. The Labute approximate surface area is 176 Å². The standard InChI is InChI=1S/C21H26N4O2.CH2O2/c1-15-12-22-23-19(16(15)2)17-4-6-18(7-5-17)20(26)25-9-8-21(14-25)13-24(3)10-11-27-21;2-1-3/h4-7,12H,8-11,13-14H2,1-3H3;1H,(H,2,3). The average Bonchev–Trinajstić information content (AvgIpc) is 3.13. The molecular formula is C22H28N4O4. The first-order valence-electron chi connectivity index (χ1n) is 9.98. The van der Waals surface area contributed by atoms with E-state index in [0.717, 1.165) is 55.0 Å². The Morgan fingerprint density at radius 3 is 2.57 bits per heavy atom. The highest BCUT2D eigenvalue weighted by atomic mass is 16.5. The smallest absolute Gasteiger partial charge is 0.290 e. The van der Waals surface area contributed by atoms with Gasteiger partial charge in [0, 0.05) is 30.8 Å². The van der Waals surface area contributed by atoms with Crippen LogP contribution in [-0.4, -0.2) is 82.9 Å². The highest BCUT2D eigenvalue weighted by Gasteiger charge is 2.43. The second-order valence-corrected chi connectivity index (χ2v) is 7.93. The molecule has 0 bridgehead atoms. The molecule has 1 aromatic heterocycles. The molecule has 2 saturated heterocycles. The molecule has 2 aliphatic rings. The lowest BCUT2D eigenvalue weighted by atomic mass is 10.0. The normalized spacial score (nSPS) is 21.2. The summed E-state index contributed by atoms with van der Waals surface area (Å²) in [6.07, 6.45) is 2.67. The van der Waals surface area contributed by atoms with Gasteiger partial charge >= 0.3 is 0 Å². The van der Waals surface area contributed by atoms with Crippen LogP contribution in [-0.2, 0) is 9.53 Å². The van der Waals surface area contributed by atoms with Gasteiger partial charge in [-0.1, -0.05) is 12.1 Å². The van der Waals surface area contributed by atoms with Crippen LogP contribution >= 0.6 is 0 Å². The number of amides is 1. The van der Waals surface area contributed by atoms with Crippen LogP contribution in [0.2, 0.25) is 0 Å². The number of carbonyl (C=O) groups excluding carboxylic acids is 1. The summed E-state index contributed by atoms with van der Waals surface area (Å²) in [7, 11) is 2.11. The fourth-order valence-corrected chi connectivity index (χ4v) is 4.06. The number of carboxylic acid groups (broad SMARTS) is 1. The van der Waals surface area contributed by atoms with E-state index in [1.54, 1.807) is 6.20 Å². The van der Waals surface area contributed by atoms with Gasteiger partial charge in [-0.3, -0.25) is 9.59 Å². The number of aryl methyl sites for hydroxylation is 1. The van der Waals surface area contributed by atoms with Gasteiger partial charge < -0.3 is 19.6 Å². The number of ether oxygens (including phenoxy) is 1. The molecule has 0 radical (unpaired) electrons. The van der Waals surface area contributed by atoms with Gasteiger partial charge in [0.15, 0.2) is 0 Å². The number of morpholine rings is 1. The maximum atomic E-state index is 13.0. The monoisotopic (exact) mass is 412 g/mol. The number of carbonyl (C=O) groups is 2. The third-order valence-electron chi connectivity index (χ3n) is 5.80. The van der Waals surface area contributed by atoms with Crippen LogP contribution in [0.25, 0.3) is 11.3 Å². The fourth-order valence-electron chi connectivity index (χ4n) is 4.06. The van der Waals surface area contributed by atoms with Gasteiger partial charge in [-0.15, -0.1) is 0 Å². The Morgan fingerprint density at radius 2 is 1.90 bits per heavy atom. The predicted octanol–water partition coefficient (Wildman–Crippen LogP) is 2.01. The number of likely N-dealkylation sites (tertiary alicyclic amines) is 1. The zero-order chi connectivity index (χ0) is 21.7. The van der Waals surface area contributed by atoms with Crippen LogP contribution in [0.15, 0.2) is 30.5 Å². The molecule has 1 unspecified atom stereocenters. The molecule has 2 aliphatic heterocycles. The Hall–Kier alpha value is -2.84. The van der Waals surface area contributed by atoms with Gasteiger partial charge in [-0.25, -0.2) is 0 Å². The molecule has 8 heteroatoms. The molecule has 0 saturated carbocycles. The highest BCUT2D eigenvalue weighted by Crippen LogP contribution is 2.30. The van der Waals surface area contributed by atoms with Crippen molar-refractivity contribution in [2.45, 2.75) is 25.9 Å². The van der Waals surface area contributed by atoms with E-state index in [4.69, 9.17) is 14.6 Å². The summed E-state index contributed by atoms with van der Waals surface area (Å²) in [5.74, 6) is 0.0716. The Balaban J connectivity index is 0.000000806. The lowest BCUT2D eigenvalue weighted by Crippen LogP contribution is -2.52. The Bertz CT molecular complexity index is 903. The molecule has 4 rings (SSSR count). The third kappa shape index (κ3) is 4.66. The zero-order valence-corrected chi connectivity index (χ0v) is 17.7. The lowest BCUT2D eigenvalue weighted by molar-refractivity contribution is -0.122. The summed E-state index contributed by atoms with van der Waals surface area (Å²) in [6.45, 7) is 7.82. The van der Waals surface area contributed by atoms with Crippen molar-refractivity contribution in [2.75, 3.05) is 39.8 Å². The van der Waals surface area contributed by atoms with E-state index in [2.05, 4.69) is 22.1 Å². The fraction of sp³-hybridized carbons (Fsp3) is 0.455. The van der Waals surface area contributed by atoms with Crippen molar-refractivity contribution in [3.05, 3.63) is 47.2 Å². The van der Waals surface area contributed by atoms with E-state index in [0.29, 0.717) is 12.1 Å². The number of benzene rings is 1. The van der Waals surface area contributed by atoms with E-state index >= 15 is 0 Å². The van der Waals surface area contributed by atoms with Gasteiger partial charge in [0.1, 0.15) is 5.60 Å². The minimum atomic E-state index is -0.250. The molecule has 160 valence electrons. The number of nitrogens with zero attached hydrogens (tertiary/aromatic N) is 4. The Morgan fingerprint density at radius 1 is 1.20 bits per heavy atom. The summed E-state index contributed by atoms with van der Waals surface area (Å²) < 4.78 is 6.06. The van der Waals surface area contributed by atoms with Crippen molar-refractivity contribution in [2.24, 2.45) is 0 Å². The van der Waals surface area contributed by atoms with Gasteiger partial charge in [0.2, 0.25) is 0 Å². The third-order valence-corrected chi connectivity index (χ3v) is 5.80. The second kappa shape index (κ2) is 9.32. The maximum absolute atomic E-state index is 13.0. The van der Waals surface area contributed by atoms with Crippen LogP contribution in [0, 0.1) is 13.8 Å². The molecule has 2 fully saturated rings. The van der Waals surface area contributed by atoms with Crippen molar-refractivity contribution in [1.29, 1.82) is 0 Å². The maximum Gasteiger partial charge on any atom is 0.290 e. The molecule has 1 amide bonds. The van der Waals surface area contributed by atoms with E-state index in [1.165, 1.54) is 0 Å². The lowest BCUT2D eigenvalue weighted by Gasteiger charge is -2.38. The summed E-state index contributed by atoms with van der Waals surface area (Å²) in [5.41, 5.74) is 4.59. The topological polar surface area (TPSA) is 95.9 Å². The van der Waals surface area contributed by atoms with Gasteiger partial charge in [-0.05, 0) is 50.6 Å². The first kappa shape index (κ1) is 21.9. The van der Waals surface area contributed by atoms with Gasteiger partial charge in [-0.2, -0.15) is 10.2 Å². The number of aromatic nitrogens is 2. The average molecular weight is 412 g/mol. The van der Waals surface area contributed by atoms with Crippen LogP contribution < -0.4 is 0 Å². The number of likely N-dealkylation sites (N-methyl/N-ethyl adjacent to an activating group) is 1. The second-order valence-electron chi connectivity index (χ2n) is 7.93. The van der Waals surface area contributed by atoms with Crippen molar-refractivity contribution in [3.8, 4) is 11.3 Å². The molecule has 0 aliphatic carbocycles. The molecule has 2 aromatic rings. The van der Waals surface area contributed by atoms with E-state index in [9.17, 15) is 4.79 Å². The highest BCUT2D eigenvalue weighted by molar-refractivity contribution is 5.95. The molecule has 30 heavy (non-hydrogen) atoms. The van der Waals surface area contributed by atoms with Gasteiger partial charge in [0.25, 0.3) is 12.4 Å². The summed E-state index contributed by atoms with van der Waals surface area (Å²) >= 11 is 0. The number of hydrogen-bond acceptors (Lipinski definition) is 6. The molecule has 1 spiro atoms. The summed E-state index contributed by atoms with van der Waals surface area (Å²) in [6, 6.07) is 7.70. The van der Waals surface area contributed by atoms with Crippen molar-refractivity contribution < 1.29 is 19.4 Å². The van der Waals surface area contributed by atoms with Crippen molar-refractivity contribution >= 4 is 12.4 Å². The summed E-state index contributed by atoms with van der Waals surface area (Å²) in [4.78, 5) is 25.5. The Kier molecular flexibility index (Phi) is 6.79. The molecule has 1 N–H and O–H groups in total. The van der Waals surface area contributed by atoms with Crippen LogP contribution in [0.5, 0.6) is 0 Å². The van der Waals surface area contributed by atoms with E-state index in [1.807, 2.05) is 43.0 Å². The first-order chi connectivity index (χ1) is 14.4. The minimum absolute atomic E-state index is 0.0716.